The van der Waals surface area contributed by atoms with Gasteiger partial charge in [0.05, 0.1) is 0 Å². The molecule has 1 fully saturated rings. The molecule has 1 aromatic rings. The van der Waals surface area contributed by atoms with Crippen LogP contribution in [0, 0.1) is 11.8 Å². The minimum absolute atomic E-state index is 0.193. The van der Waals surface area contributed by atoms with Crippen molar-refractivity contribution < 1.29 is 4.74 Å². The van der Waals surface area contributed by atoms with E-state index in [0.29, 0.717) is 0 Å². The smallest absolute Gasteiger partial charge is 0.118 e. The van der Waals surface area contributed by atoms with E-state index in [4.69, 9.17) is 4.74 Å². The van der Waals surface area contributed by atoms with E-state index in [-0.39, 0.29) is 6.10 Å². The van der Waals surface area contributed by atoms with E-state index in [9.17, 15) is 0 Å². The summed E-state index contributed by atoms with van der Waals surface area (Å²) in [7, 11) is 0. The van der Waals surface area contributed by atoms with Crippen LogP contribution >= 0.6 is 0 Å². The van der Waals surface area contributed by atoms with Crippen molar-refractivity contribution in [3.63, 3.8) is 0 Å². The van der Waals surface area contributed by atoms with Crippen molar-refractivity contribution in [2.75, 3.05) is 6.61 Å². The van der Waals surface area contributed by atoms with Crippen molar-refractivity contribution in [3.05, 3.63) is 35.9 Å². The summed E-state index contributed by atoms with van der Waals surface area (Å²) < 4.78 is 5.42. The molecule has 2 rings (SSSR count). The highest BCUT2D eigenvalue weighted by atomic mass is 16.5. The Kier molecular flexibility index (Phi) is 3.21. The van der Waals surface area contributed by atoms with Gasteiger partial charge < -0.3 is 4.74 Å². The molecule has 0 aromatic heterocycles. The van der Waals surface area contributed by atoms with Crippen LogP contribution in [0.1, 0.15) is 18.4 Å². The third kappa shape index (κ3) is 2.61. The molecule has 1 aromatic carbocycles. The molecule has 1 heteroatoms. The maximum absolute atomic E-state index is 5.42. The van der Waals surface area contributed by atoms with Gasteiger partial charge in [0, 0.05) is 13.0 Å². The summed E-state index contributed by atoms with van der Waals surface area (Å²) in [6.07, 6.45) is 3.28. The molecule has 1 nitrogen and oxygen atoms in total. The molecular formula is C13H14O. The topological polar surface area (TPSA) is 9.23 Å². The quantitative estimate of drug-likeness (QED) is 0.612. The van der Waals surface area contributed by atoms with Crippen LogP contribution in [0.2, 0.25) is 0 Å². The Morgan fingerprint density at radius 3 is 2.86 bits per heavy atom. The third-order valence-corrected chi connectivity index (χ3v) is 2.33. The van der Waals surface area contributed by atoms with Gasteiger partial charge in [0.25, 0.3) is 0 Å². The van der Waals surface area contributed by atoms with Crippen LogP contribution in [0.25, 0.3) is 0 Å². The van der Waals surface area contributed by atoms with Gasteiger partial charge >= 0.3 is 0 Å². The highest BCUT2D eigenvalue weighted by Crippen LogP contribution is 2.10. The number of benzene rings is 1. The zero-order valence-corrected chi connectivity index (χ0v) is 8.20. The Morgan fingerprint density at radius 2 is 2.14 bits per heavy atom. The van der Waals surface area contributed by atoms with Crippen LogP contribution in [0.15, 0.2) is 30.3 Å². The zero-order valence-electron chi connectivity index (χ0n) is 8.20. The number of ether oxygens (including phenoxy) is 1. The second-order valence-corrected chi connectivity index (χ2v) is 3.49. The molecular weight excluding hydrogens is 172 g/mol. The summed E-state index contributed by atoms with van der Waals surface area (Å²) >= 11 is 0. The highest BCUT2D eigenvalue weighted by molar-refractivity contribution is 5.21. The molecule has 1 aliphatic heterocycles. The summed E-state index contributed by atoms with van der Waals surface area (Å²) in [6.45, 7) is 0.880. The molecule has 72 valence electrons. The first-order valence-electron chi connectivity index (χ1n) is 5.09. The van der Waals surface area contributed by atoms with Crippen LogP contribution in [0.3, 0.4) is 0 Å². The van der Waals surface area contributed by atoms with Crippen LogP contribution in [-0.2, 0) is 11.2 Å². The zero-order chi connectivity index (χ0) is 9.64. The molecule has 0 spiro atoms. The van der Waals surface area contributed by atoms with E-state index in [0.717, 1.165) is 25.9 Å². The van der Waals surface area contributed by atoms with Crippen LogP contribution in [-0.4, -0.2) is 12.7 Å². The first-order chi connectivity index (χ1) is 6.95. The second kappa shape index (κ2) is 4.83. The normalized spacial score (nSPS) is 20.1. The van der Waals surface area contributed by atoms with Crippen molar-refractivity contribution in [1.29, 1.82) is 0 Å². The summed E-state index contributed by atoms with van der Waals surface area (Å²) in [6, 6.07) is 10.3. The number of hydrogen-bond acceptors (Lipinski definition) is 1. The van der Waals surface area contributed by atoms with Crippen molar-refractivity contribution in [1.82, 2.24) is 0 Å². The Balaban J connectivity index is 1.87. The average Bonchev–Trinajstić information content (AvgIpc) is 2.72. The molecule has 1 aliphatic rings. The second-order valence-electron chi connectivity index (χ2n) is 3.49. The number of rotatable bonds is 1. The SMILES string of the molecule is C(#CC1CCCO1)Cc1ccccc1. The van der Waals surface area contributed by atoms with Crippen molar-refractivity contribution in [3.8, 4) is 11.8 Å². The maximum atomic E-state index is 5.42. The van der Waals surface area contributed by atoms with Gasteiger partial charge in [-0.1, -0.05) is 42.2 Å². The highest BCUT2D eigenvalue weighted by Gasteiger charge is 2.11. The molecule has 1 saturated heterocycles. The van der Waals surface area contributed by atoms with E-state index >= 15 is 0 Å². The Bertz CT molecular complexity index is 325. The van der Waals surface area contributed by atoms with Gasteiger partial charge in [0.15, 0.2) is 0 Å². The van der Waals surface area contributed by atoms with Crippen LogP contribution < -0.4 is 0 Å². The fraction of sp³-hybridized carbons (Fsp3) is 0.385. The van der Waals surface area contributed by atoms with Gasteiger partial charge in [-0.05, 0) is 18.4 Å². The van der Waals surface area contributed by atoms with Gasteiger partial charge in [-0.2, -0.15) is 0 Å². The first kappa shape index (κ1) is 9.30. The summed E-state index contributed by atoms with van der Waals surface area (Å²) in [5.41, 5.74) is 1.28. The molecule has 1 unspecified atom stereocenters. The predicted molar refractivity (Wildman–Crippen MR) is 56.9 cm³/mol. The van der Waals surface area contributed by atoms with Crippen molar-refractivity contribution in [2.24, 2.45) is 0 Å². The first-order valence-corrected chi connectivity index (χ1v) is 5.09. The Hall–Kier alpha value is -1.26. The van der Waals surface area contributed by atoms with Gasteiger partial charge in [-0.25, -0.2) is 0 Å². The molecule has 0 amide bonds. The molecule has 0 bridgehead atoms. The molecule has 0 N–H and O–H groups in total. The average molecular weight is 186 g/mol. The summed E-state index contributed by atoms with van der Waals surface area (Å²) in [5.74, 6) is 6.33. The molecule has 0 radical (unpaired) electrons. The largest absolute Gasteiger partial charge is 0.366 e. The van der Waals surface area contributed by atoms with E-state index in [1.165, 1.54) is 5.56 Å². The van der Waals surface area contributed by atoms with Crippen LogP contribution in [0.4, 0.5) is 0 Å². The van der Waals surface area contributed by atoms with Crippen LogP contribution in [0.5, 0.6) is 0 Å². The summed E-state index contributed by atoms with van der Waals surface area (Å²) in [4.78, 5) is 0. The lowest BCUT2D eigenvalue weighted by Gasteiger charge is -1.97. The van der Waals surface area contributed by atoms with Crippen molar-refractivity contribution in [2.45, 2.75) is 25.4 Å². The van der Waals surface area contributed by atoms with Gasteiger partial charge in [-0.3, -0.25) is 0 Å². The Morgan fingerprint density at radius 1 is 1.29 bits per heavy atom. The monoisotopic (exact) mass is 186 g/mol. The molecule has 0 saturated carbocycles. The lowest BCUT2D eigenvalue weighted by molar-refractivity contribution is 0.152. The van der Waals surface area contributed by atoms with E-state index in [2.05, 4.69) is 24.0 Å². The fourth-order valence-electron chi connectivity index (χ4n) is 1.55. The third-order valence-electron chi connectivity index (χ3n) is 2.33. The van der Waals surface area contributed by atoms with Gasteiger partial charge in [0.2, 0.25) is 0 Å². The van der Waals surface area contributed by atoms with E-state index in [1.54, 1.807) is 0 Å². The lowest BCUT2D eigenvalue weighted by atomic mass is 10.1. The maximum Gasteiger partial charge on any atom is 0.118 e. The molecule has 1 atom stereocenters. The van der Waals surface area contributed by atoms with Gasteiger partial charge in [-0.15, -0.1) is 0 Å². The van der Waals surface area contributed by atoms with E-state index in [1.807, 2.05) is 18.2 Å². The minimum atomic E-state index is 0.193. The predicted octanol–water partition coefficient (Wildman–Crippen LogP) is 2.41. The molecule has 0 aliphatic carbocycles. The molecule has 14 heavy (non-hydrogen) atoms. The number of hydrogen-bond donors (Lipinski definition) is 0. The Labute approximate surface area is 85.1 Å². The molecule has 1 heterocycles. The minimum Gasteiger partial charge on any atom is -0.366 e. The van der Waals surface area contributed by atoms with E-state index < -0.39 is 0 Å². The fourth-order valence-corrected chi connectivity index (χ4v) is 1.55. The standard InChI is InChI=1S/C13H14O/c1-2-6-12(7-3-1)8-4-9-13-10-5-11-14-13/h1-3,6-7,13H,5,8,10-11H2. The lowest BCUT2D eigenvalue weighted by Crippen LogP contribution is -1.99. The summed E-state index contributed by atoms with van der Waals surface area (Å²) in [5, 5.41) is 0. The van der Waals surface area contributed by atoms with Crippen molar-refractivity contribution >= 4 is 0 Å². The van der Waals surface area contributed by atoms with Gasteiger partial charge in [0.1, 0.15) is 6.10 Å².